The van der Waals surface area contributed by atoms with Crippen molar-refractivity contribution in [1.29, 1.82) is 0 Å². The monoisotopic (exact) mass is 293 g/mol. The van der Waals surface area contributed by atoms with Gasteiger partial charge in [-0.3, -0.25) is 0 Å². The van der Waals surface area contributed by atoms with Crippen LogP contribution in [0.4, 0.5) is 0 Å². The lowest BCUT2D eigenvalue weighted by atomic mass is 10.0. The summed E-state index contributed by atoms with van der Waals surface area (Å²) < 4.78 is 5.70. The van der Waals surface area contributed by atoms with Gasteiger partial charge in [0.15, 0.2) is 0 Å². The Morgan fingerprint density at radius 2 is 2.25 bits per heavy atom. The fraction of sp³-hybridized carbons (Fsp3) is 0.647. The van der Waals surface area contributed by atoms with Crippen molar-refractivity contribution in [2.75, 3.05) is 24.7 Å². The Balaban J connectivity index is 1.87. The predicted molar refractivity (Wildman–Crippen MR) is 88.5 cm³/mol. The van der Waals surface area contributed by atoms with Crippen LogP contribution in [0.2, 0.25) is 0 Å². The van der Waals surface area contributed by atoms with Crippen molar-refractivity contribution in [3.63, 3.8) is 0 Å². The smallest absolute Gasteiger partial charge is 0.0666 e. The zero-order valence-corrected chi connectivity index (χ0v) is 13.5. The molecular weight excluding hydrogens is 266 g/mol. The van der Waals surface area contributed by atoms with E-state index in [4.69, 9.17) is 4.74 Å². The third-order valence-electron chi connectivity index (χ3n) is 3.82. The lowest BCUT2D eigenvalue weighted by Gasteiger charge is -2.21. The second kappa shape index (κ2) is 8.71. The normalized spacial score (nSPS) is 20.2. The first-order chi connectivity index (χ1) is 9.81. The van der Waals surface area contributed by atoms with E-state index in [2.05, 4.69) is 43.4 Å². The highest BCUT2D eigenvalue weighted by Gasteiger charge is 2.17. The third-order valence-corrected chi connectivity index (χ3v) is 4.99. The molecular formula is C17H27NOS. The second-order valence-electron chi connectivity index (χ2n) is 5.54. The van der Waals surface area contributed by atoms with Gasteiger partial charge in [0.05, 0.1) is 6.10 Å². The molecule has 1 aromatic carbocycles. The minimum Gasteiger partial charge on any atom is -0.377 e. The van der Waals surface area contributed by atoms with Crippen LogP contribution in [0.15, 0.2) is 24.3 Å². The molecule has 0 amide bonds. The first-order valence-corrected chi connectivity index (χ1v) is 8.95. The van der Waals surface area contributed by atoms with Crippen molar-refractivity contribution >= 4 is 11.8 Å². The number of hydrogen-bond donors (Lipinski definition) is 1. The van der Waals surface area contributed by atoms with Crippen LogP contribution in [0.1, 0.15) is 43.4 Å². The molecule has 2 nitrogen and oxygen atoms in total. The van der Waals surface area contributed by atoms with Gasteiger partial charge in [0.25, 0.3) is 0 Å². The summed E-state index contributed by atoms with van der Waals surface area (Å²) in [5.74, 6) is 2.26. The van der Waals surface area contributed by atoms with E-state index in [0.717, 1.165) is 24.7 Å². The zero-order chi connectivity index (χ0) is 14.2. The highest BCUT2D eigenvalue weighted by Crippen LogP contribution is 2.24. The lowest BCUT2D eigenvalue weighted by molar-refractivity contribution is 0.129. The largest absolute Gasteiger partial charge is 0.377 e. The van der Waals surface area contributed by atoms with Crippen LogP contribution in [-0.2, 0) is 4.74 Å². The molecule has 112 valence electrons. The van der Waals surface area contributed by atoms with Gasteiger partial charge >= 0.3 is 0 Å². The Kier molecular flexibility index (Phi) is 6.91. The molecule has 0 aromatic heterocycles. The average molecular weight is 293 g/mol. The minimum absolute atomic E-state index is 0.461. The van der Waals surface area contributed by atoms with Crippen molar-refractivity contribution < 1.29 is 4.74 Å². The Bertz CT molecular complexity index is 390. The molecule has 1 saturated heterocycles. The van der Waals surface area contributed by atoms with Crippen LogP contribution in [0, 0.1) is 6.92 Å². The zero-order valence-electron chi connectivity index (χ0n) is 12.7. The summed E-state index contributed by atoms with van der Waals surface area (Å²) in [7, 11) is 0. The molecule has 0 spiro atoms. The van der Waals surface area contributed by atoms with E-state index in [1.807, 2.05) is 11.8 Å². The van der Waals surface area contributed by atoms with Crippen LogP contribution >= 0.6 is 11.8 Å². The van der Waals surface area contributed by atoms with Gasteiger partial charge < -0.3 is 10.1 Å². The summed E-state index contributed by atoms with van der Waals surface area (Å²) in [4.78, 5) is 0. The van der Waals surface area contributed by atoms with Crippen molar-refractivity contribution in [1.82, 2.24) is 5.32 Å². The van der Waals surface area contributed by atoms with Crippen LogP contribution in [0.3, 0.4) is 0 Å². The number of aryl methyl sites for hydroxylation is 1. The van der Waals surface area contributed by atoms with Crippen LogP contribution in [0.25, 0.3) is 0 Å². The van der Waals surface area contributed by atoms with Crippen molar-refractivity contribution in [2.24, 2.45) is 0 Å². The molecule has 0 bridgehead atoms. The Morgan fingerprint density at radius 1 is 1.40 bits per heavy atom. The summed E-state index contributed by atoms with van der Waals surface area (Å²) in [6, 6.07) is 9.20. The Labute approximate surface area is 127 Å². The highest BCUT2D eigenvalue weighted by molar-refractivity contribution is 7.99. The van der Waals surface area contributed by atoms with Crippen molar-refractivity contribution in [3.05, 3.63) is 35.4 Å². The SMILES string of the molecule is CCCNC(CSCC1CCCO1)c1ccccc1C. The van der Waals surface area contributed by atoms with Crippen LogP contribution in [-0.4, -0.2) is 30.8 Å². The van der Waals surface area contributed by atoms with E-state index in [1.165, 1.54) is 30.4 Å². The van der Waals surface area contributed by atoms with Gasteiger partial charge in [-0.15, -0.1) is 0 Å². The Hall–Kier alpha value is -0.510. The number of thioether (sulfide) groups is 1. The molecule has 0 saturated carbocycles. The number of hydrogen-bond acceptors (Lipinski definition) is 3. The van der Waals surface area contributed by atoms with Gasteiger partial charge in [0.1, 0.15) is 0 Å². The second-order valence-corrected chi connectivity index (χ2v) is 6.61. The molecule has 2 unspecified atom stereocenters. The van der Waals surface area contributed by atoms with Crippen molar-refractivity contribution in [2.45, 2.75) is 45.3 Å². The summed E-state index contributed by atoms with van der Waals surface area (Å²) in [5.41, 5.74) is 2.83. The first kappa shape index (κ1) is 15.9. The molecule has 1 aromatic rings. The maximum absolute atomic E-state index is 5.70. The lowest BCUT2D eigenvalue weighted by Crippen LogP contribution is -2.25. The van der Waals surface area contributed by atoms with E-state index >= 15 is 0 Å². The maximum Gasteiger partial charge on any atom is 0.0666 e. The molecule has 2 atom stereocenters. The topological polar surface area (TPSA) is 21.3 Å². The van der Waals surface area contributed by atoms with E-state index < -0.39 is 0 Å². The van der Waals surface area contributed by atoms with E-state index in [9.17, 15) is 0 Å². The van der Waals surface area contributed by atoms with Gasteiger partial charge in [-0.05, 0) is 43.9 Å². The molecule has 1 aliphatic rings. The Morgan fingerprint density at radius 3 is 2.95 bits per heavy atom. The van der Waals surface area contributed by atoms with Gasteiger partial charge in [-0.1, -0.05) is 31.2 Å². The van der Waals surface area contributed by atoms with E-state index in [-0.39, 0.29) is 0 Å². The molecule has 1 N–H and O–H groups in total. The summed E-state index contributed by atoms with van der Waals surface area (Å²) in [5, 5.41) is 3.69. The van der Waals surface area contributed by atoms with E-state index in [0.29, 0.717) is 12.1 Å². The summed E-state index contributed by atoms with van der Waals surface area (Å²) in [6.45, 7) is 6.47. The molecule has 1 aliphatic heterocycles. The predicted octanol–water partition coefficient (Wildman–Crippen LogP) is 3.95. The number of rotatable bonds is 8. The standard InChI is InChI=1S/C17H27NOS/c1-3-10-18-17(16-9-5-4-7-14(16)2)13-20-12-15-8-6-11-19-15/h4-5,7,9,15,17-18H,3,6,8,10-13H2,1-2H3. The van der Waals surface area contributed by atoms with Gasteiger partial charge in [-0.25, -0.2) is 0 Å². The maximum atomic E-state index is 5.70. The number of nitrogens with one attached hydrogen (secondary N) is 1. The number of benzene rings is 1. The van der Waals surface area contributed by atoms with Crippen LogP contribution < -0.4 is 5.32 Å². The number of ether oxygens (including phenoxy) is 1. The molecule has 20 heavy (non-hydrogen) atoms. The molecule has 0 aliphatic carbocycles. The minimum atomic E-state index is 0.461. The molecule has 1 heterocycles. The molecule has 1 fully saturated rings. The van der Waals surface area contributed by atoms with Gasteiger partial charge in [0.2, 0.25) is 0 Å². The molecule has 3 heteroatoms. The summed E-state index contributed by atoms with van der Waals surface area (Å²) >= 11 is 2.03. The summed E-state index contributed by atoms with van der Waals surface area (Å²) in [6.07, 6.45) is 4.15. The molecule has 2 rings (SSSR count). The van der Waals surface area contributed by atoms with Crippen LogP contribution in [0.5, 0.6) is 0 Å². The quantitative estimate of drug-likeness (QED) is 0.784. The third kappa shape index (κ3) is 4.80. The average Bonchev–Trinajstić information content (AvgIpc) is 2.97. The molecule has 0 radical (unpaired) electrons. The fourth-order valence-corrected chi connectivity index (χ4v) is 3.84. The van der Waals surface area contributed by atoms with Gasteiger partial charge in [0, 0.05) is 24.2 Å². The first-order valence-electron chi connectivity index (χ1n) is 7.79. The van der Waals surface area contributed by atoms with E-state index in [1.54, 1.807) is 0 Å². The van der Waals surface area contributed by atoms with Crippen molar-refractivity contribution in [3.8, 4) is 0 Å². The fourth-order valence-electron chi connectivity index (χ4n) is 2.65. The highest BCUT2D eigenvalue weighted by atomic mass is 32.2. The van der Waals surface area contributed by atoms with Gasteiger partial charge in [-0.2, -0.15) is 11.8 Å².